The molecule has 17 heavy (non-hydrogen) atoms. The van der Waals surface area contributed by atoms with Gasteiger partial charge in [0.05, 0.1) is 17.0 Å². The van der Waals surface area contributed by atoms with Gasteiger partial charge in [-0.25, -0.2) is 0 Å². The molecule has 0 radical (unpaired) electrons. The Morgan fingerprint density at radius 3 is 2.82 bits per heavy atom. The first-order valence-corrected chi connectivity index (χ1v) is 5.91. The number of carbonyl (C=O) groups is 1. The van der Waals surface area contributed by atoms with E-state index < -0.39 is 0 Å². The van der Waals surface area contributed by atoms with Crippen molar-refractivity contribution in [3.63, 3.8) is 0 Å². The average Bonchev–Trinajstić information content (AvgIpc) is 2.28. The highest BCUT2D eigenvalue weighted by Crippen LogP contribution is 2.07. The molecule has 1 rings (SSSR count). The van der Waals surface area contributed by atoms with Crippen LogP contribution >= 0.6 is 0 Å². The van der Waals surface area contributed by atoms with E-state index in [1.54, 1.807) is 6.07 Å². The van der Waals surface area contributed by atoms with Crippen molar-refractivity contribution in [3.05, 3.63) is 23.0 Å². The molecule has 0 spiro atoms. The number of aryl methyl sites for hydroxylation is 2. The Labute approximate surface area is 102 Å². The van der Waals surface area contributed by atoms with Crippen LogP contribution in [0.4, 0.5) is 0 Å². The molecule has 3 N–H and O–H groups in total. The number of rotatable bonds is 5. The summed E-state index contributed by atoms with van der Waals surface area (Å²) >= 11 is 0. The van der Waals surface area contributed by atoms with Crippen LogP contribution in [-0.4, -0.2) is 28.7 Å². The Kier molecular flexibility index (Phi) is 5.03. The topological polar surface area (TPSA) is 80.9 Å². The number of nitrogens with one attached hydrogen (secondary N) is 1. The second-order valence-electron chi connectivity index (χ2n) is 4.22. The van der Waals surface area contributed by atoms with E-state index in [0.717, 1.165) is 17.8 Å². The first kappa shape index (κ1) is 13.6. The molecule has 1 aromatic rings. The normalized spacial score (nSPS) is 12.2. The Bertz CT molecular complexity index is 390. The van der Waals surface area contributed by atoms with Crippen molar-refractivity contribution in [2.45, 2.75) is 39.7 Å². The van der Waals surface area contributed by atoms with Gasteiger partial charge >= 0.3 is 0 Å². The molecule has 0 aliphatic heterocycles. The summed E-state index contributed by atoms with van der Waals surface area (Å²) in [4.78, 5) is 11.9. The molecule has 1 aromatic heterocycles. The van der Waals surface area contributed by atoms with E-state index in [0.29, 0.717) is 18.5 Å². The molecule has 0 saturated heterocycles. The molecule has 94 valence electrons. The van der Waals surface area contributed by atoms with E-state index in [4.69, 9.17) is 5.73 Å². The SMILES string of the molecule is CCc1nnc(C)cc1C(=O)NCCC(C)N. The van der Waals surface area contributed by atoms with E-state index in [9.17, 15) is 4.79 Å². The van der Waals surface area contributed by atoms with Gasteiger partial charge in [0, 0.05) is 12.6 Å². The minimum Gasteiger partial charge on any atom is -0.352 e. The van der Waals surface area contributed by atoms with Gasteiger partial charge in [-0.3, -0.25) is 4.79 Å². The van der Waals surface area contributed by atoms with Crippen molar-refractivity contribution < 1.29 is 4.79 Å². The largest absolute Gasteiger partial charge is 0.352 e. The standard InChI is InChI=1S/C12H20N4O/c1-4-11-10(7-9(3)15-16-11)12(17)14-6-5-8(2)13/h7-8H,4-6,13H2,1-3H3,(H,14,17). The van der Waals surface area contributed by atoms with Crippen molar-refractivity contribution in [2.24, 2.45) is 5.73 Å². The monoisotopic (exact) mass is 236 g/mol. The first-order chi connectivity index (χ1) is 8.04. The van der Waals surface area contributed by atoms with E-state index >= 15 is 0 Å². The first-order valence-electron chi connectivity index (χ1n) is 5.91. The van der Waals surface area contributed by atoms with Crippen LogP contribution in [0.25, 0.3) is 0 Å². The Morgan fingerprint density at radius 2 is 2.24 bits per heavy atom. The summed E-state index contributed by atoms with van der Waals surface area (Å²) in [5.41, 5.74) is 7.72. The third-order valence-electron chi connectivity index (χ3n) is 2.46. The van der Waals surface area contributed by atoms with Crippen molar-refractivity contribution in [1.29, 1.82) is 0 Å². The Morgan fingerprint density at radius 1 is 1.53 bits per heavy atom. The van der Waals surface area contributed by atoms with Gasteiger partial charge in [-0.05, 0) is 32.8 Å². The van der Waals surface area contributed by atoms with Crippen LogP contribution in [0.2, 0.25) is 0 Å². The smallest absolute Gasteiger partial charge is 0.253 e. The predicted molar refractivity (Wildman–Crippen MR) is 66.7 cm³/mol. The highest BCUT2D eigenvalue weighted by atomic mass is 16.1. The van der Waals surface area contributed by atoms with Crippen LogP contribution in [-0.2, 0) is 6.42 Å². The van der Waals surface area contributed by atoms with Crippen molar-refractivity contribution in [1.82, 2.24) is 15.5 Å². The van der Waals surface area contributed by atoms with Crippen LogP contribution < -0.4 is 11.1 Å². The van der Waals surface area contributed by atoms with Crippen LogP contribution in [0, 0.1) is 6.92 Å². The number of hydrogen-bond donors (Lipinski definition) is 2. The van der Waals surface area contributed by atoms with Crippen LogP contribution in [0.15, 0.2) is 6.07 Å². The van der Waals surface area contributed by atoms with Gasteiger partial charge in [0.1, 0.15) is 0 Å². The summed E-state index contributed by atoms with van der Waals surface area (Å²) in [6, 6.07) is 1.87. The molecule has 0 aliphatic rings. The molecule has 1 amide bonds. The fraction of sp³-hybridized carbons (Fsp3) is 0.583. The molecule has 0 fully saturated rings. The molecular weight excluding hydrogens is 216 g/mol. The van der Waals surface area contributed by atoms with E-state index in [-0.39, 0.29) is 11.9 Å². The zero-order valence-corrected chi connectivity index (χ0v) is 10.7. The van der Waals surface area contributed by atoms with Crippen LogP contribution in [0.5, 0.6) is 0 Å². The summed E-state index contributed by atoms with van der Waals surface area (Å²) in [5.74, 6) is -0.0968. The maximum absolute atomic E-state index is 11.9. The lowest BCUT2D eigenvalue weighted by Crippen LogP contribution is -2.30. The van der Waals surface area contributed by atoms with Gasteiger partial charge in [-0.2, -0.15) is 10.2 Å². The zero-order valence-electron chi connectivity index (χ0n) is 10.7. The lowest BCUT2D eigenvalue weighted by Gasteiger charge is -2.09. The highest BCUT2D eigenvalue weighted by Gasteiger charge is 2.12. The minimum absolute atomic E-state index is 0.0956. The second kappa shape index (κ2) is 6.30. The maximum atomic E-state index is 11.9. The molecule has 0 saturated carbocycles. The number of hydrogen-bond acceptors (Lipinski definition) is 4. The van der Waals surface area contributed by atoms with Crippen molar-refractivity contribution in [2.75, 3.05) is 6.54 Å². The van der Waals surface area contributed by atoms with Crippen LogP contribution in [0.1, 0.15) is 42.0 Å². The van der Waals surface area contributed by atoms with Gasteiger partial charge in [-0.1, -0.05) is 6.92 Å². The summed E-state index contributed by atoms with van der Waals surface area (Å²) < 4.78 is 0. The minimum atomic E-state index is -0.0968. The number of carbonyl (C=O) groups excluding carboxylic acids is 1. The third kappa shape index (κ3) is 4.11. The molecule has 5 nitrogen and oxygen atoms in total. The summed E-state index contributed by atoms with van der Waals surface area (Å²) in [5, 5.41) is 10.8. The summed E-state index contributed by atoms with van der Waals surface area (Å²) in [7, 11) is 0. The molecule has 0 aliphatic carbocycles. The Hall–Kier alpha value is -1.49. The molecule has 0 bridgehead atoms. The lowest BCUT2D eigenvalue weighted by atomic mass is 10.1. The summed E-state index contributed by atoms with van der Waals surface area (Å²) in [6.45, 7) is 6.28. The summed E-state index contributed by atoms with van der Waals surface area (Å²) in [6.07, 6.45) is 1.47. The van der Waals surface area contributed by atoms with Gasteiger partial charge in [-0.15, -0.1) is 0 Å². The molecular formula is C12H20N4O. The predicted octanol–water partition coefficient (Wildman–Crippen LogP) is 0.815. The van der Waals surface area contributed by atoms with E-state index in [2.05, 4.69) is 15.5 Å². The maximum Gasteiger partial charge on any atom is 0.253 e. The van der Waals surface area contributed by atoms with Crippen molar-refractivity contribution >= 4 is 5.91 Å². The quantitative estimate of drug-likeness (QED) is 0.793. The second-order valence-corrected chi connectivity index (χ2v) is 4.22. The van der Waals surface area contributed by atoms with E-state index in [1.165, 1.54) is 0 Å². The van der Waals surface area contributed by atoms with E-state index in [1.807, 2.05) is 20.8 Å². The van der Waals surface area contributed by atoms with Crippen LogP contribution in [0.3, 0.4) is 0 Å². The average molecular weight is 236 g/mol. The fourth-order valence-electron chi connectivity index (χ4n) is 1.48. The molecule has 0 aromatic carbocycles. The van der Waals surface area contributed by atoms with Gasteiger partial charge in [0.15, 0.2) is 0 Å². The van der Waals surface area contributed by atoms with Gasteiger partial charge in [0.2, 0.25) is 0 Å². The molecule has 5 heteroatoms. The number of amides is 1. The van der Waals surface area contributed by atoms with Gasteiger partial charge in [0.25, 0.3) is 5.91 Å². The number of aromatic nitrogens is 2. The number of nitrogens with two attached hydrogens (primary N) is 1. The number of nitrogens with zero attached hydrogens (tertiary/aromatic N) is 2. The van der Waals surface area contributed by atoms with Gasteiger partial charge < -0.3 is 11.1 Å². The fourth-order valence-corrected chi connectivity index (χ4v) is 1.48. The lowest BCUT2D eigenvalue weighted by molar-refractivity contribution is 0.0951. The zero-order chi connectivity index (χ0) is 12.8. The Balaban J connectivity index is 2.70. The van der Waals surface area contributed by atoms with Crippen molar-refractivity contribution in [3.8, 4) is 0 Å². The molecule has 1 atom stereocenters. The molecule has 1 heterocycles. The molecule has 1 unspecified atom stereocenters. The third-order valence-corrected chi connectivity index (χ3v) is 2.46. The highest BCUT2D eigenvalue weighted by molar-refractivity contribution is 5.95.